The van der Waals surface area contributed by atoms with Crippen LogP contribution in [-0.4, -0.2) is 27.3 Å². The average molecular weight is 451 g/mol. The monoisotopic (exact) mass is 451 g/mol. The van der Waals surface area contributed by atoms with Crippen molar-refractivity contribution in [2.45, 2.75) is 6.18 Å². The van der Waals surface area contributed by atoms with Crippen LogP contribution in [-0.2, 0) is 6.18 Å². The highest BCUT2D eigenvalue weighted by Gasteiger charge is 2.36. The van der Waals surface area contributed by atoms with Gasteiger partial charge in [-0.1, -0.05) is 0 Å². The van der Waals surface area contributed by atoms with Crippen LogP contribution in [0.5, 0.6) is 11.5 Å². The van der Waals surface area contributed by atoms with E-state index in [1.54, 1.807) is 12.1 Å². The molecule has 0 fully saturated rings. The van der Waals surface area contributed by atoms with E-state index in [1.807, 2.05) is 6.07 Å². The molecule has 1 aliphatic rings. The van der Waals surface area contributed by atoms with Crippen LogP contribution in [0.1, 0.15) is 21.7 Å². The summed E-state index contributed by atoms with van der Waals surface area (Å²) in [7, 11) is 0. The zero-order valence-corrected chi connectivity index (χ0v) is 16.6. The number of rotatable bonds is 3. The molecule has 164 valence electrons. The number of carbonyl (C=O) groups excluding carboxylic acids is 1. The molecule has 2 aromatic carbocycles. The molecular formula is C22H12F3N5O3. The van der Waals surface area contributed by atoms with E-state index in [2.05, 4.69) is 15.4 Å². The number of nitriles is 1. The molecule has 4 aromatic rings. The van der Waals surface area contributed by atoms with Gasteiger partial charge < -0.3 is 14.8 Å². The number of anilines is 1. The molecule has 5 rings (SSSR count). The second kappa shape index (κ2) is 7.52. The predicted octanol–water partition coefficient (Wildman–Crippen LogP) is 4.27. The number of nitrogens with one attached hydrogen (secondary N) is 1. The lowest BCUT2D eigenvalue weighted by molar-refractivity contribution is -0.142. The Bertz CT molecular complexity index is 1440. The summed E-state index contributed by atoms with van der Waals surface area (Å²) < 4.78 is 52.5. The third kappa shape index (κ3) is 3.78. The number of amides is 1. The molecule has 2 aromatic heterocycles. The first-order chi connectivity index (χ1) is 15.8. The second-order valence-corrected chi connectivity index (χ2v) is 7.04. The Labute approximate surface area is 183 Å². The number of fused-ring (bicyclic) bond motifs is 2. The molecule has 0 bridgehead atoms. The third-order valence-corrected chi connectivity index (χ3v) is 4.89. The van der Waals surface area contributed by atoms with Crippen LogP contribution in [0.15, 0.2) is 54.6 Å². The number of halogens is 3. The van der Waals surface area contributed by atoms with Crippen LogP contribution >= 0.6 is 0 Å². The maximum Gasteiger partial charge on any atom is 0.433 e. The van der Waals surface area contributed by atoms with E-state index in [1.165, 1.54) is 36.4 Å². The van der Waals surface area contributed by atoms with E-state index in [0.29, 0.717) is 32.8 Å². The number of carbonyl (C=O) groups is 1. The fraction of sp³-hybridized carbons (Fsp3) is 0.0909. The van der Waals surface area contributed by atoms with E-state index in [-0.39, 0.29) is 23.8 Å². The zero-order chi connectivity index (χ0) is 23.2. The summed E-state index contributed by atoms with van der Waals surface area (Å²) in [5.41, 5.74) is -0.304. The van der Waals surface area contributed by atoms with E-state index in [4.69, 9.17) is 14.7 Å². The lowest BCUT2D eigenvalue weighted by Gasteiger charge is -2.11. The Morgan fingerprint density at radius 2 is 1.82 bits per heavy atom. The fourth-order valence-electron chi connectivity index (χ4n) is 3.31. The minimum Gasteiger partial charge on any atom is -0.454 e. The molecule has 3 heterocycles. The van der Waals surface area contributed by atoms with Crippen LogP contribution in [0.3, 0.4) is 0 Å². The van der Waals surface area contributed by atoms with Crippen molar-refractivity contribution in [2.75, 3.05) is 12.1 Å². The van der Waals surface area contributed by atoms with Gasteiger partial charge in [0.1, 0.15) is 0 Å². The van der Waals surface area contributed by atoms with E-state index in [9.17, 15) is 18.0 Å². The average Bonchev–Trinajstić information content (AvgIpc) is 3.44. The van der Waals surface area contributed by atoms with Gasteiger partial charge in [-0.2, -0.15) is 23.5 Å². The summed E-state index contributed by atoms with van der Waals surface area (Å²) in [5, 5.41) is 15.2. The first kappa shape index (κ1) is 20.3. The molecule has 8 nitrogen and oxygen atoms in total. The summed E-state index contributed by atoms with van der Waals surface area (Å²) in [6, 6.07) is 14.7. The number of benzene rings is 2. The van der Waals surface area contributed by atoms with Crippen LogP contribution < -0.4 is 14.8 Å². The lowest BCUT2D eigenvalue weighted by atomic mass is 10.1. The number of alkyl halides is 3. The number of nitrogens with zero attached hydrogens (tertiary/aromatic N) is 4. The molecule has 33 heavy (non-hydrogen) atoms. The van der Waals surface area contributed by atoms with Crippen LogP contribution in [0.4, 0.5) is 18.9 Å². The fourth-order valence-corrected chi connectivity index (χ4v) is 3.31. The minimum atomic E-state index is -4.75. The zero-order valence-electron chi connectivity index (χ0n) is 16.6. The van der Waals surface area contributed by atoms with Gasteiger partial charge in [0.2, 0.25) is 6.79 Å². The minimum absolute atomic E-state index is 0.0272. The third-order valence-electron chi connectivity index (χ3n) is 4.89. The molecule has 0 unspecified atom stereocenters. The molecule has 0 aliphatic carbocycles. The smallest absolute Gasteiger partial charge is 0.433 e. The second-order valence-electron chi connectivity index (χ2n) is 7.04. The summed E-state index contributed by atoms with van der Waals surface area (Å²) in [6.45, 7) is 0.0272. The Hall–Kier alpha value is -4.59. The number of aromatic nitrogens is 3. The Morgan fingerprint density at radius 3 is 2.55 bits per heavy atom. The van der Waals surface area contributed by atoms with Gasteiger partial charge in [-0.25, -0.2) is 9.50 Å². The van der Waals surface area contributed by atoms with Gasteiger partial charge in [0.25, 0.3) is 5.91 Å². The number of hydrogen-bond acceptors (Lipinski definition) is 6. The van der Waals surface area contributed by atoms with Crippen molar-refractivity contribution >= 4 is 17.2 Å². The molecular weight excluding hydrogens is 439 g/mol. The van der Waals surface area contributed by atoms with Crippen molar-refractivity contribution in [2.24, 2.45) is 0 Å². The first-order valence-electron chi connectivity index (χ1n) is 9.51. The number of hydrogen-bond donors (Lipinski definition) is 1. The summed E-state index contributed by atoms with van der Waals surface area (Å²) in [5.74, 6) is 0.170. The van der Waals surface area contributed by atoms with Gasteiger partial charge in [0.05, 0.1) is 17.3 Å². The standard InChI is InChI=1S/C22H12F3N5O3/c23-22(24,25)19-8-15(13-3-6-17-18(7-13)33-11-32-17)28-20-9-16(29-30(19)20)21(31)27-14-4-1-12(10-26)2-5-14/h1-9H,11H2,(H,27,31). The molecule has 0 atom stereocenters. The molecule has 0 spiro atoms. The van der Waals surface area contributed by atoms with Crippen molar-refractivity contribution in [3.8, 4) is 28.8 Å². The van der Waals surface area contributed by atoms with Crippen molar-refractivity contribution in [1.82, 2.24) is 14.6 Å². The molecule has 11 heteroatoms. The van der Waals surface area contributed by atoms with Crippen molar-refractivity contribution in [3.63, 3.8) is 0 Å². The Kier molecular flexibility index (Phi) is 4.63. The van der Waals surface area contributed by atoms with E-state index < -0.39 is 17.8 Å². The largest absolute Gasteiger partial charge is 0.454 e. The molecule has 1 aliphatic heterocycles. The van der Waals surface area contributed by atoms with Crippen molar-refractivity contribution < 1.29 is 27.4 Å². The van der Waals surface area contributed by atoms with Gasteiger partial charge >= 0.3 is 6.18 Å². The highest BCUT2D eigenvalue weighted by atomic mass is 19.4. The van der Waals surface area contributed by atoms with E-state index in [0.717, 1.165) is 6.07 Å². The van der Waals surface area contributed by atoms with Gasteiger partial charge in [0, 0.05) is 17.3 Å². The molecule has 1 amide bonds. The first-order valence-corrected chi connectivity index (χ1v) is 9.51. The summed E-state index contributed by atoms with van der Waals surface area (Å²) in [4.78, 5) is 16.9. The lowest BCUT2D eigenvalue weighted by Crippen LogP contribution is -2.15. The maximum atomic E-state index is 13.8. The normalized spacial score (nSPS) is 12.5. The topological polar surface area (TPSA) is 102 Å². The number of ether oxygens (including phenoxy) is 2. The van der Waals surface area contributed by atoms with Crippen LogP contribution in [0.25, 0.3) is 16.9 Å². The van der Waals surface area contributed by atoms with Crippen LogP contribution in [0.2, 0.25) is 0 Å². The molecule has 1 N–H and O–H groups in total. The van der Waals surface area contributed by atoms with Gasteiger partial charge in [-0.15, -0.1) is 0 Å². The van der Waals surface area contributed by atoms with E-state index >= 15 is 0 Å². The highest BCUT2D eigenvalue weighted by Crippen LogP contribution is 2.37. The maximum absolute atomic E-state index is 13.8. The van der Waals surface area contributed by atoms with Crippen molar-refractivity contribution in [1.29, 1.82) is 5.26 Å². The Morgan fingerprint density at radius 1 is 1.06 bits per heavy atom. The molecule has 0 saturated heterocycles. The summed E-state index contributed by atoms with van der Waals surface area (Å²) >= 11 is 0. The van der Waals surface area contributed by atoms with Gasteiger partial charge in [-0.05, 0) is 48.5 Å². The highest BCUT2D eigenvalue weighted by molar-refractivity contribution is 6.03. The Balaban J connectivity index is 1.54. The van der Waals surface area contributed by atoms with Gasteiger partial charge in [-0.3, -0.25) is 4.79 Å². The molecule has 0 radical (unpaired) electrons. The van der Waals surface area contributed by atoms with Crippen molar-refractivity contribution in [3.05, 3.63) is 71.5 Å². The molecule has 0 saturated carbocycles. The van der Waals surface area contributed by atoms with Crippen LogP contribution in [0, 0.1) is 11.3 Å². The SMILES string of the molecule is N#Cc1ccc(NC(=O)c2cc3nc(-c4ccc5c(c4)OCO5)cc(C(F)(F)F)n3n2)cc1. The predicted molar refractivity (Wildman–Crippen MR) is 109 cm³/mol. The quantitative estimate of drug-likeness (QED) is 0.499. The van der Waals surface area contributed by atoms with Gasteiger partial charge in [0.15, 0.2) is 28.5 Å². The summed E-state index contributed by atoms with van der Waals surface area (Å²) in [6.07, 6.45) is -4.75.